The van der Waals surface area contributed by atoms with Crippen LogP contribution in [0.25, 0.3) is 0 Å². The first kappa shape index (κ1) is 16.9. The molecule has 1 rings (SSSR count). The molecule has 19 heavy (non-hydrogen) atoms. The van der Waals surface area contributed by atoms with Crippen molar-refractivity contribution in [2.75, 3.05) is 0 Å². The second-order valence-electron chi connectivity index (χ2n) is 6.50. The summed E-state index contributed by atoms with van der Waals surface area (Å²) >= 11 is 3.43. The summed E-state index contributed by atoms with van der Waals surface area (Å²) in [5, 5.41) is 10.3. The molecule has 0 heterocycles. The van der Waals surface area contributed by atoms with Gasteiger partial charge in [-0.05, 0) is 61.2 Å². The van der Waals surface area contributed by atoms with Gasteiger partial charge in [-0.1, -0.05) is 35.8 Å². The number of rotatable bonds is 5. The molecule has 4 heteroatoms. The zero-order valence-electron chi connectivity index (χ0n) is 12.5. The minimum absolute atomic E-state index is 0.0861. The minimum Gasteiger partial charge on any atom is -0.432 e. The molecule has 1 atom stereocenters. The Morgan fingerprint density at radius 2 is 1.89 bits per heavy atom. The van der Waals surface area contributed by atoms with E-state index in [1.54, 1.807) is 0 Å². The average Bonchev–Trinajstić information content (AvgIpc) is 2.24. The number of benzene rings is 1. The van der Waals surface area contributed by atoms with Gasteiger partial charge in [0.25, 0.3) is 0 Å². The zero-order chi connectivity index (χ0) is 14.8. The minimum atomic E-state index is -2.19. The first-order valence-corrected chi connectivity index (χ1v) is 10.4. The number of hydrogen-bond acceptors (Lipinski definition) is 2. The third-order valence-electron chi connectivity index (χ3n) is 4.29. The van der Waals surface area contributed by atoms with E-state index < -0.39 is 14.4 Å². The molecule has 0 unspecified atom stereocenters. The summed E-state index contributed by atoms with van der Waals surface area (Å²) in [6, 6.07) is 5.95. The monoisotopic (exact) mass is 344 g/mol. The molecule has 0 aliphatic heterocycles. The van der Waals surface area contributed by atoms with E-state index in [2.05, 4.69) is 29.8 Å². The molecule has 1 aromatic rings. The van der Waals surface area contributed by atoms with Crippen LogP contribution in [0.1, 0.15) is 43.9 Å². The fourth-order valence-corrected chi connectivity index (χ4v) is 3.20. The summed E-state index contributed by atoms with van der Waals surface area (Å²) in [4.78, 5) is 10.3. The Balaban J connectivity index is 2.73. The summed E-state index contributed by atoms with van der Waals surface area (Å²) in [7, 11) is -2.19. The molecule has 0 spiro atoms. The zero-order valence-corrected chi connectivity index (χ0v) is 15.1. The van der Waals surface area contributed by atoms with E-state index in [9.17, 15) is 9.90 Å². The van der Waals surface area contributed by atoms with Crippen LogP contribution in [-0.4, -0.2) is 18.2 Å². The van der Waals surface area contributed by atoms with Crippen LogP contribution in [0.2, 0.25) is 18.1 Å². The van der Waals surface area contributed by atoms with Crippen LogP contribution in [0, 0.1) is 6.92 Å². The van der Waals surface area contributed by atoms with E-state index in [0.29, 0.717) is 6.42 Å². The molecular formula is C15H25BrO2Si. The summed E-state index contributed by atoms with van der Waals surface area (Å²) in [6.45, 7) is 10.1. The average molecular weight is 345 g/mol. The lowest BCUT2D eigenvalue weighted by atomic mass is 9.96. The lowest BCUT2D eigenvalue weighted by molar-refractivity contribution is 0.158. The Labute approximate surface area is 126 Å². The standard InChI is InChI=1S/C15H25BrO2Si/c1-11-10-12(16)6-7-13(11)14(17)8-9-15(2,3)19(4,5)18/h6-7,10,14,17-18H,8-9H2,1-5H3/t14-/m0/s1. The van der Waals surface area contributed by atoms with Crippen molar-refractivity contribution in [3.05, 3.63) is 33.8 Å². The Morgan fingerprint density at radius 1 is 1.32 bits per heavy atom. The highest BCUT2D eigenvalue weighted by Gasteiger charge is 2.37. The molecular weight excluding hydrogens is 320 g/mol. The summed E-state index contributed by atoms with van der Waals surface area (Å²) in [5.41, 5.74) is 2.08. The fraction of sp³-hybridized carbons (Fsp3) is 0.600. The van der Waals surface area contributed by atoms with Gasteiger partial charge in [0.2, 0.25) is 0 Å². The molecule has 0 saturated heterocycles. The molecule has 2 nitrogen and oxygen atoms in total. The highest BCUT2D eigenvalue weighted by molar-refractivity contribution is 9.10. The van der Waals surface area contributed by atoms with Gasteiger partial charge in [-0.2, -0.15) is 0 Å². The lowest BCUT2D eigenvalue weighted by Gasteiger charge is -2.35. The predicted octanol–water partition coefficient (Wildman–Crippen LogP) is 4.55. The second kappa shape index (κ2) is 6.08. The van der Waals surface area contributed by atoms with E-state index in [0.717, 1.165) is 22.0 Å². The van der Waals surface area contributed by atoms with Gasteiger partial charge in [0.15, 0.2) is 8.32 Å². The molecule has 1 aromatic carbocycles. The maximum absolute atomic E-state index is 10.3. The Kier molecular flexibility index (Phi) is 5.41. The molecule has 0 aliphatic carbocycles. The highest BCUT2D eigenvalue weighted by Crippen LogP contribution is 2.41. The van der Waals surface area contributed by atoms with Crippen molar-refractivity contribution in [3.8, 4) is 0 Å². The van der Waals surface area contributed by atoms with Crippen LogP contribution in [0.5, 0.6) is 0 Å². The van der Waals surface area contributed by atoms with E-state index in [1.807, 2.05) is 38.2 Å². The van der Waals surface area contributed by atoms with Gasteiger partial charge in [-0.3, -0.25) is 0 Å². The number of hydrogen-bond donors (Lipinski definition) is 2. The van der Waals surface area contributed by atoms with Crippen LogP contribution < -0.4 is 0 Å². The van der Waals surface area contributed by atoms with Crippen LogP contribution in [0.3, 0.4) is 0 Å². The third kappa shape index (κ3) is 4.41. The molecule has 0 fully saturated rings. The van der Waals surface area contributed by atoms with E-state index in [4.69, 9.17) is 0 Å². The van der Waals surface area contributed by atoms with E-state index in [1.165, 1.54) is 0 Å². The van der Waals surface area contributed by atoms with Crippen molar-refractivity contribution < 1.29 is 9.90 Å². The van der Waals surface area contributed by atoms with E-state index in [-0.39, 0.29) is 5.04 Å². The molecule has 0 amide bonds. The van der Waals surface area contributed by atoms with Crippen LogP contribution in [0.15, 0.2) is 22.7 Å². The van der Waals surface area contributed by atoms with Crippen molar-refractivity contribution in [3.63, 3.8) is 0 Å². The lowest BCUT2D eigenvalue weighted by Crippen LogP contribution is -2.39. The summed E-state index contributed by atoms with van der Waals surface area (Å²) < 4.78 is 1.03. The van der Waals surface area contributed by atoms with Gasteiger partial charge in [0, 0.05) is 4.47 Å². The first-order chi connectivity index (χ1) is 8.54. The van der Waals surface area contributed by atoms with Gasteiger partial charge < -0.3 is 9.90 Å². The van der Waals surface area contributed by atoms with Crippen LogP contribution in [0.4, 0.5) is 0 Å². The van der Waals surface area contributed by atoms with Crippen LogP contribution in [-0.2, 0) is 0 Å². The molecule has 0 saturated carbocycles. The Bertz CT molecular complexity index is 438. The SMILES string of the molecule is Cc1cc(Br)ccc1[C@@H](O)CCC(C)(C)[Si](C)(C)O. The topological polar surface area (TPSA) is 40.5 Å². The number of halogens is 1. The number of aliphatic hydroxyl groups is 1. The summed E-state index contributed by atoms with van der Waals surface area (Å²) in [5.74, 6) is 0. The normalized spacial score (nSPS) is 14.5. The molecule has 0 aromatic heterocycles. The molecule has 0 radical (unpaired) electrons. The fourth-order valence-electron chi connectivity index (χ4n) is 1.97. The molecule has 108 valence electrons. The van der Waals surface area contributed by atoms with Gasteiger partial charge >= 0.3 is 0 Å². The number of aliphatic hydroxyl groups excluding tert-OH is 1. The maximum atomic E-state index is 10.3. The van der Waals surface area contributed by atoms with Gasteiger partial charge in [0.05, 0.1) is 6.10 Å². The smallest absolute Gasteiger partial charge is 0.188 e. The Hall–Kier alpha value is -0.163. The van der Waals surface area contributed by atoms with Gasteiger partial charge in [0.1, 0.15) is 0 Å². The second-order valence-corrected chi connectivity index (χ2v) is 11.9. The van der Waals surface area contributed by atoms with Gasteiger partial charge in [-0.15, -0.1) is 0 Å². The van der Waals surface area contributed by atoms with Crippen molar-refractivity contribution in [2.24, 2.45) is 0 Å². The van der Waals surface area contributed by atoms with Crippen molar-refractivity contribution >= 4 is 24.2 Å². The summed E-state index contributed by atoms with van der Waals surface area (Å²) in [6.07, 6.45) is 1.06. The predicted molar refractivity (Wildman–Crippen MR) is 86.8 cm³/mol. The van der Waals surface area contributed by atoms with Crippen molar-refractivity contribution in [2.45, 2.75) is 57.8 Å². The molecule has 0 aliphatic rings. The molecule has 0 bridgehead atoms. The Morgan fingerprint density at radius 3 is 2.37 bits per heavy atom. The maximum Gasteiger partial charge on any atom is 0.188 e. The van der Waals surface area contributed by atoms with Crippen LogP contribution >= 0.6 is 15.9 Å². The number of aryl methyl sites for hydroxylation is 1. The van der Waals surface area contributed by atoms with E-state index >= 15 is 0 Å². The van der Waals surface area contributed by atoms with Crippen molar-refractivity contribution in [1.82, 2.24) is 0 Å². The third-order valence-corrected chi connectivity index (χ3v) is 8.35. The molecule has 2 N–H and O–H groups in total. The largest absolute Gasteiger partial charge is 0.432 e. The quantitative estimate of drug-likeness (QED) is 0.769. The first-order valence-electron chi connectivity index (χ1n) is 6.71. The van der Waals surface area contributed by atoms with Crippen molar-refractivity contribution in [1.29, 1.82) is 0 Å². The van der Waals surface area contributed by atoms with Gasteiger partial charge in [-0.25, -0.2) is 0 Å². The highest BCUT2D eigenvalue weighted by atomic mass is 79.9.